The fourth-order valence-corrected chi connectivity index (χ4v) is 4.05. The quantitative estimate of drug-likeness (QED) is 0.289. The number of hydrogen-bond donors (Lipinski definition) is 2. The zero-order chi connectivity index (χ0) is 21.6. The van der Waals surface area contributed by atoms with Crippen LogP contribution >= 0.6 is 0 Å². The molecule has 2 aromatic carbocycles. The van der Waals surface area contributed by atoms with Crippen molar-refractivity contribution in [3.63, 3.8) is 0 Å². The zero-order valence-electron chi connectivity index (χ0n) is 18.1. The summed E-state index contributed by atoms with van der Waals surface area (Å²) in [6.07, 6.45) is 7.04. The van der Waals surface area contributed by atoms with E-state index in [2.05, 4.69) is 41.3 Å². The minimum atomic E-state index is 0.0941. The lowest BCUT2D eigenvalue weighted by Gasteiger charge is -2.14. The lowest BCUT2D eigenvalue weighted by Crippen LogP contribution is -2.34. The average molecular weight is 422 g/mol. The second kappa shape index (κ2) is 9.81. The molecule has 1 atom stereocenters. The van der Waals surface area contributed by atoms with E-state index in [9.17, 15) is 0 Å². The third-order valence-electron chi connectivity index (χ3n) is 5.91. The third-order valence-corrected chi connectivity index (χ3v) is 5.91. The summed E-state index contributed by atoms with van der Waals surface area (Å²) in [4.78, 5) is 6.44. The number of nitrogens with two attached hydrogens (primary N) is 1. The lowest BCUT2D eigenvalue weighted by atomic mass is 10.1. The number of aromatic nitrogens is 2. The Morgan fingerprint density at radius 2 is 1.97 bits per heavy atom. The minimum Gasteiger partial charge on any atom is -0.494 e. The summed E-state index contributed by atoms with van der Waals surface area (Å²) in [6, 6.07) is 12.4. The first-order valence-electron chi connectivity index (χ1n) is 11.2. The van der Waals surface area contributed by atoms with Gasteiger partial charge in [0.2, 0.25) is 11.7 Å². The molecule has 1 aliphatic rings. The Balaban J connectivity index is 1.39. The van der Waals surface area contributed by atoms with Gasteiger partial charge in [-0.25, -0.2) is 0 Å². The second-order valence-corrected chi connectivity index (χ2v) is 8.26. The van der Waals surface area contributed by atoms with Crippen LogP contribution in [0.25, 0.3) is 22.2 Å². The summed E-state index contributed by atoms with van der Waals surface area (Å²) >= 11 is 0. The molecule has 164 valence electrons. The number of hydrogen-bond acceptors (Lipinski definition) is 5. The minimum absolute atomic E-state index is 0.0941. The van der Waals surface area contributed by atoms with Gasteiger partial charge in [-0.2, -0.15) is 4.98 Å². The van der Waals surface area contributed by atoms with Crippen LogP contribution in [-0.4, -0.2) is 40.7 Å². The number of nitrogens with zero attached hydrogens (tertiary/aromatic N) is 3. The van der Waals surface area contributed by atoms with E-state index in [0.717, 1.165) is 48.1 Å². The van der Waals surface area contributed by atoms with Crippen LogP contribution < -0.4 is 10.5 Å². The molecule has 3 N–H and O–H groups in total. The van der Waals surface area contributed by atoms with Crippen molar-refractivity contribution in [2.75, 3.05) is 19.7 Å². The Labute approximate surface area is 183 Å². The van der Waals surface area contributed by atoms with E-state index in [1.165, 1.54) is 25.7 Å². The van der Waals surface area contributed by atoms with Gasteiger partial charge in [-0.15, -0.1) is 0 Å². The number of likely N-dealkylation sites (tertiary alicyclic amines) is 1. The number of ether oxygens (including phenoxy) is 1. The van der Waals surface area contributed by atoms with Crippen LogP contribution in [0.3, 0.4) is 0 Å². The van der Waals surface area contributed by atoms with Gasteiger partial charge in [0.1, 0.15) is 5.75 Å². The fraction of sp³-hybridized carbons (Fsp3) is 0.458. The highest BCUT2D eigenvalue weighted by Crippen LogP contribution is 2.29. The maximum atomic E-state index is 7.58. The number of nitrogens with one attached hydrogen (secondary N) is 1. The van der Waals surface area contributed by atoms with E-state index in [0.29, 0.717) is 18.3 Å². The summed E-state index contributed by atoms with van der Waals surface area (Å²) < 4.78 is 11.4. The molecule has 0 aliphatic carbocycles. The van der Waals surface area contributed by atoms with E-state index in [4.69, 9.17) is 20.4 Å². The van der Waals surface area contributed by atoms with Gasteiger partial charge in [0.15, 0.2) is 5.96 Å². The van der Waals surface area contributed by atoms with Crippen molar-refractivity contribution in [1.82, 2.24) is 15.0 Å². The molecular formula is C24H31N5O2. The first-order valence-corrected chi connectivity index (χ1v) is 11.2. The van der Waals surface area contributed by atoms with Gasteiger partial charge >= 0.3 is 0 Å². The monoisotopic (exact) mass is 421 g/mol. The zero-order valence-corrected chi connectivity index (χ0v) is 18.1. The van der Waals surface area contributed by atoms with Crippen molar-refractivity contribution in [3.05, 3.63) is 42.3 Å². The smallest absolute Gasteiger partial charge is 0.231 e. The molecule has 7 heteroatoms. The number of fused-ring (bicyclic) bond motifs is 1. The molecule has 0 amide bonds. The summed E-state index contributed by atoms with van der Waals surface area (Å²) in [5.74, 6) is 2.32. The van der Waals surface area contributed by atoms with Crippen LogP contribution in [0.15, 0.2) is 40.9 Å². The molecule has 3 aromatic rings. The molecule has 1 aromatic heterocycles. The molecule has 1 aliphatic heterocycles. The molecular weight excluding hydrogens is 390 g/mol. The second-order valence-electron chi connectivity index (χ2n) is 8.26. The predicted molar refractivity (Wildman–Crippen MR) is 122 cm³/mol. The summed E-state index contributed by atoms with van der Waals surface area (Å²) in [5.41, 5.74) is 6.51. The van der Waals surface area contributed by atoms with E-state index < -0.39 is 0 Å². The third kappa shape index (κ3) is 5.16. The van der Waals surface area contributed by atoms with Crippen molar-refractivity contribution < 1.29 is 9.26 Å². The Kier molecular flexibility index (Phi) is 6.70. The molecule has 0 spiro atoms. The summed E-state index contributed by atoms with van der Waals surface area (Å²) in [5, 5.41) is 14.0. The number of benzene rings is 2. The van der Waals surface area contributed by atoms with Crippen molar-refractivity contribution in [2.24, 2.45) is 5.73 Å². The van der Waals surface area contributed by atoms with Crippen molar-refractivity contribution in [3.8, 4) is 17.1 Å². The van der Waals surface area contributed by atoms with Gasteiger partial charge in [-0.1, -0.05) is 56.0 Å². The highest BCUT2D eigenvalue weighted by molar-refractivity contribution is 5.87. The summed E-state index contributed by atoms with van der Waals surface area (Å²) in [7, 11) is 0. The molecule has 0 radical (unpaired) electrons. The molecule has 1 saturated heterocycles. The van der Waals surface area contributed by atoms with Crippen molar-refractivity contribution in [1.29, 1.82) is 5.41 Å². The molecule has 0 bridgehead atoms. The van der Waals surface area contributed by atoms with Crippen LogP contribution in [0.1, 0.15) is 57.3 Å². The Morgan fingerprint density at radius 3 is 2.77 bits per heavy atom. The largest absolute Gasteiger partial charge is 0.494 e. The molecule has 7 nitrogen and oxygen atoms in total. The van der Waals surface area contributed by atoms with E-state index in [-0.39, 0.29) is 11.9 Å². The number of unbranched alkanes of at least 4 members (excludes halogenated alkanes) is 4. The van der Waals surface area contributed by atoms with Crippen molar-refractivity contribution in [2.45, 2.75) is 51.4 Å². The van der Waals surface area contributed by atoms with Crippen LogP contribution in [-0.2, 0) is 0 Å². The Hall–Kier alpha value is -3.09. The number of guanidine groups is 1. The molecule has 4 rings (SSSR count). The van der Waals surface area contributed by atoms with Gasteiger partial charge in [-0.3, -0.25) is 5.41 Å². The van der Waals surface area contributed by atoms with E-state index in [1.54, 1.807) is 0 Å². The topological polar surface area (TPSA) is 101 Å². The maximum absolute atomic E-state index is 7.58. The van der Waals surface area contributed by atoms with Crippen molar-refractivity contribution >= 4 is 16.7 Å². The molecule has 1 fully saturated rings. The molecule has 2 heterocycles. The van der Waals surface area contributed by atoms with Gasteiger partial charge < -0.3 is 19.9 Å². The molecule has 31 heavy (non-hydrogen) atoms. The maximum Gasteiger partial charge on any atom is 0.231 e. The molecule has 0 unspecified atom stereocenters. The van der Waals surface area contributed by atoms with Crippen LogP contribution in [0.2, 0.25) is 0 Å². The van der Waals surface area contributed by atoms with E-state index >= 15 is 0 Å². The van der Waals surface area contributed by atoms with Crippen LogP contribution in [0.4, 0.5) is 0 Å². The van der Waals surface area contributed by atoms with Gasteiger partial charge in [-0.05, 0) is 41.8 Å². The highest BCUT2D eigenvalue weighted by atomic mass is 16.5. The first kappa shape index (κ1) is 21.2. The summed E-state index contributed by atoms with van der Waals surface area (Å²) in [6.45, 7) is 4.39. The average Bonchev–Trinajstić information content (AvgIpc) is 3.45. The normalized spacial score (nSPS) is 16.2. The van der Waals surface area contributed by atoms with E-state index in [1.807, 2.05) is 17.0 Å². The first-order chi connectivity index (χ1) is 15.1. The number of rotatable bonds is 9. The van der Waals surface area contributed by atoms with Gasteiger partial charge in [0.25, 0.3) is 0 Å². The highest BCUT2D eigenvalue weighted by Gasteiger charge is 2.29. The SMILES string of the molecule is CCCCCCCOc1ccc2cc(-c3noc([C@@H]4CCN(C(=N)N)C4)n3)ccc2c1. The van der Waals surface area contributed by atoms with Crippen LogP contribution in [0.5, 0.6) is 5.75 Å². The predicted octanol–water partition coefficient (Wildman–Crippen LogP) is 4.92. The van der Waals surface area contributed by atoms with Gasteiger partial charge in [0, 0.05) is 18.7 Å². The Bertz CT molecular complexity index is 1030. The Morgan fingerprint density at radius 1 is 1.16 bits per heavy atom. The molecule has 0 saturated carbocycles. The van der Waals surface area contributed by atoms with Gasteiger partial charge in [0.05, 0.1) is 12.5 Å². The lowest BCUT2D eigenvalue weighted by molar-refractivity contribution is 0.305. The standard InChI is InChI=1S/C24H31N5O2/c1-2-3-4-5-6-13-30-21-10-9-17-14-19(8-7-18(17)15-21)22-27-23(31-28-22)20-11-12-29(16-20)24(25)26/h7-10,14-15,20H,2-6,11-13,16H2,1H3,(H3,25,26)/t20-/m1/s1. The fourth-order valence-electron chi connectivity index (χ4n) is 4.05. The van der Waals surface area contributed by atoms with Crippen LogP contribution in [0, 0.1) is 5.41 Å².